The number of hydrogen-bond acceptors (Lipinski definition) is 4. The molecule has 0 atom stereocenters. The Hall–Kier alpha value is -2.92. The van der Waals surface area contributed by atoms with Gasteiger partial charge >= 0.3 is 0 Å². The number of hydrogen-bond donors (Lipinski definition) is 2. The van der Waals surface area contributed by atoms with Crippen molar-refractivity contribution in [2.45, 2.75) is 12.8 Å². The van der Waals surface area contributed by atoms with Gasteiger partial charge in [0.15, 0.2) is 0 Å². The summed E-state index contributed by atoms with van der Waals surface area (Å²) >= 11 is 1.67. The highest BCUT2D eigenvalue weighted by molar-refractivity contribution is 7.18. The maximum absolute atomic E-state index is 4.95. The van der Waals surface area contributed by atoms with Gasteiger partial charge in [0.25, 0.3) is 0 Å². The highest BCUT2D eigenvalue weighted by Crippen LogP contribution is 2.39. The molecule has 5 rings (SSSR count). The van der Waals surface area contributed by atoms with E-state index in [2.05, 4.69) is 52.4 Å². The van der Waals surface area contributed by atoms with Gasteiger partial charge in [-0.1, -0.05) is 55.1 Å². The molecule has 5 heteroatoms. The smallest absolute Gasteiger partial charge is 0.145 e. The molecule has 0 bridgehead atoms. The van der Waals surface area contributed by atoms with Crippen LogP contribution in [0.15, 0.2) is 61.2 Å². The van der Waals surface area contributed by atoms with E-state index in [4.69, 9.17) is 4.98 Å². The average molecular weight is 372 g/mol. The van der Waals surface area contributed by atoms with Crippen molar-refractivity contribution in [3.63, 3.8) is 0 Å². The van der Waals surface area contributed by atoms with Crippen molar-refractivity contribution in [3.8, 4) is 21.1 Å². The Bertz CT molecular complexity index is 1110. The molecule has 2 aromatic heterocycles. The Morgan fingerprint density at radius 1 is 1.11 bits per heavy atom. The molecule has 27 heavy (non-hydrogen) atoms. The fraction of sp³-hybridized carbons (Fsp3) is 0.182. The lowest BCUT2D eigenvalue weighted by molar-refractivity contribution is 0.758. The molecule has 2 heterocycles. The first-order chi connectivity index (χ1) is 13.3. The average Bonchev–Trinajstić information content (AvgIpc) is 3.28. The Balaban J connectivity index is 1.59. The minimum Gasteiger partial charge on any atom is -0.383 e. The number of nitrogens with zero attached hydrogens (tertiary/aromatic N) is 2. The van der Waals surface area contributed by atoms with Crippen molar-refractivity contribution in [2.75, 3.05) is 6.54 Å². The summed E-state index contributed by atoms with van der Waals surface area (Å²) in [7, 11) is 0. The normalized spacial score (nSPS) is 13.8. The molecule has 0 amide bonds. The van der Waals surface area contributed by atoms with E-state index in [0.29, 0.717) is 0 Å². The quantitative estimate of drug-likeness (QED) is 0.481. The molecule has 0 unspecified atom stereocenters. The molecule has 4 nitrogen and oxygen atoms in total. The second kappa shape index (κ2) is 6.67. The second-order valence-corrected chi connectivity index (χ2v) is 7.98. The van der Waals surface area contributed by atoms with Gasteiger partial charge in [0.05, 0.1) is 16.1 Å². The Labute approximate surface area is 162 Å². The molecule has 2 aromatic carbocycles. The lowest BCUT2D eigenvalue weighted by Crippen LogP contribution is -2.15. The van der Waals surface area contributed by atoms with E-state index in [1.54, 1.807) is 11.3 Å². The van der Waals surface area contributed by atoms with Crippen LogP contribution in [0.2, 0.25) is 0 Å². The number of nitrogens with one attached hydrogen (secondary N) is 2. The van der Waals surface area contributed by atoms with Crippen LogP contribution in [0.3, 0.4) is 0 Å². The molecule has 1 aliphatic carbocycles. The first-order valence-corrected chi connectivity index (χ1v) is 10.0. The summed E-state index contributed by atoms with van der Waals surface area (Å²) in [6, 6.07) is 18.6. The minimum absolute atomic E-state index is 0.787. The van der Waals surface area contributed by atoms with Gasteiger partial charge in [0.2, 0.25) is 0 Å². The van der Waals surface area contributed by atoms with Crippen LogP contribution in [-0.2, 0) is 0 Å². The fourth-order valence-corrected chi connectivity index (χ4v) is 4.31. The fourth-order valence-electron chi connectivity index (χ4n) is 3.21. The molecule has 0 spiro atoms. The summed E-state index contributed by atoms with van der Waals surface area (Å²) < 4.78 is 0. The van der Waals surface area contributed by atoms with Crippen LogP contribution in [0.5, 0.6) is 0 Å². The topological polar surface area (TPSA) is 53.6 Å². The van der Waals surface area contributed by atoms with Crippen molar-refractivity contribution in [3.05, 3.63) is 66.9 Å². The van der Waals surface area contributed by atoms with Gasteiger partial charge in [-0.2, -0.15) is 5.10 Å². The highest BCUT2D eigenvalue weighted by Gasteiger charge is 2.23. The van der Waals surface area contributed by atoms with Crippen molar-refractivity contribution in [2.24, 2.45) is 5.92 Å². The number of H-pyrrole nitrogens is 1. The zero-order chi connectivity index (χ0) is 18.2. The van der Waals surface area contributed by atoms with Crippen LogP contribution in [0, 0.1) is 5.92 Å². The number of aromatic amines is 1. The van der Waals surface area contributed by atoms with Crippen LogP contribution in [0.25, 0.3) is 37.7 Å². The Morgan fingerprint density at radius 2 is 1.89 bits per heavy atom. The van der Waals surface area contributed by atoms with Crippen LogP contribution >= 0.6 is 11.3 Å². The molecular formula is C22H20N4S. The van der Waals surface area contributed by atoms with E-state index >= 15 is 0 Å². The van der Waals surface area contributed by atoms with E-state index in [0.717, 1.165) is 55.9 Å². The Morgan fingerprint density at radius 3 is 2.70 bits per heavy atom. The third-order valence-electron chi connectivity index (χ3n) is 4.92. The van der Waals surface area contributed by atoms with Gasteiger partial charge in [0.1, 0.15) is 16.4 Å². The largest absolute Gasteiger partial charge is 0.383 e. The predicted molar refractivity (Wildman–Crippen MR) is 112 cm³/mol. The molecule has 134 valence electrons. The highest BCUT2D eigenvalue weighted by atomic mass is 32.1. The van der Waals surface area contributed by atoms with Crippen molar-refractivity contribution in [1.29, 1.82) is 0 Å². The number of aromatic nitrogens is 3. The van der Waals surface area contributed by atoms with Crippen molar-refractivity contribution >= 4 is 27.9 Å². The molecular weight excluding hydrogens is 352 g/mol. The minimum atomic E-state index is 0.787. The summed E-state index contributed by atoms with van der Waals surface area (Å²) in [5.74, 6) is 0.787. The summed E-state index contributed by atoms with van der Waals surface area (Å²) in [5, 5.41) is 13.1. The number of benzene rings is 2. The van der Waals surface area contributed by atoms with Gasteiger partial charge in [-0.25, -0.2) is 4.98 Å². The zero-order valence-corrected chi connectivity index (χ0v) is 15.7. The van der Waals surface area contributed by atoms with E-state index in [-0.39, 0.29) is 0 Å². The molecule has 1 aliphatic rings. The molecule has 1 saturated carbocycles. The number of rotatable bonds is 6. The van der Waals surface area contributed by atoms with Gasteiger partial charge in [0, 0.05) is 11.9 Å². The molecule has 0 radical (unpaired) electrons. The third-order valence-corrected chi connectivity index (χ3v) is 6.03. The van der Waals surface area contributed by atoms with E-state index < -0.39 is 0 Å². The van der Waals surface area contributed by atoms with Crippen molar-refractivity contribution in [1.82, 2.24) is 20.5 Å². The Kier molecular flexibility index (Phi) is 4.02. The number of fused-ring (bicyclic) bond motifs is 1. The molecule has 0 saturated heterocycles. The van der Waals surface area contributed by atoms with Gasteiger partial charge in [-0.3, -0.25) is 5.10 Å². The summed E-state index contributed by atoms with van der Waals surface area (Å²) in [6.07, 6.45) is 2.63. The summed E-state index contributed by atoms with van der Waals surface area (Å²) in [5.41, 5.74) is 4.90. The predicted octanol–water partition coefficient (Wildman–Crippen LogP) is 5.32. The monoisotopic (exact) mass is 372 g/mol. The lowest BCUT2D eigenvalue weighted by Gasteiger charge is -2.08. The molecule has 4 aromatic rings. The van der Waals surface area contributed by atoms with Gasteiger partial charge in [-0.15, -0.1) is 11.3 Å². The van der Waals surface area contributed by atoms with Gasteiger partial charge in [-0.05, 0) is 30.4 Å². The van der Waals surface area contributed by atoms with Crippen LogP contribution in [0.1, 0.15) is 18.5 Å². The maximum Gasteiger partial charge on any atom is 0.145 e. The van der Waals surface area contributed by atoms with Crippen LogP contribution in [0.4, 0.5) is 0 Å². The second-order valence-electron chi connectivity index (χ2n) is 6.98. The molecule has 1 fully saturated rings. The maximum atomic E-state index is 4.95. The summed E-state index contributed by atoms with van der Waals surface area (Å²) in [4.78, 5) is 6.08. The SMILES string of the molecule is C=C(NCC1CC1)c1nc(-c2n[nH]c3ccccc23)sc1-c1ccccc1. The van der Waals surface area contributed by atoms with E-state index in [9.17, 15) is 0 Å². The number of thiazole rings is 1. The summed E-state index contributed by atoms with van der Waals surface area (Å²) in [6.45, 7) is 5.25. The standard InChI is InChI=1S/C22H20N4S/c1-14(23-13-15-11-12-15)19-21(16-7-3-2-4-8-16)27-22(24-19)20-17-9-5-6-10-18(17)25-26-20/h2-10,15,23H,1,11-13H2,(H,25,26). The van der Waals surface area contributed by atoms with Crippen LogP contribution in [-0.4, -0.2) is 21.7 Å². The first kappa shape index (κ1) is 16.3. The first-order valence-electron chi connectivity index (χ1n) is 9.22. The van der Waals surface area contributed by atoms with Crippen LogP contribution < -0.4 is 5.32 Å². The van der Waals surface area contributed by atoms with E-state index in [1.165, 1.54) is 12.8 Å². The molecule has 2 N–H and O–H groups in total. The zero-order valence-electron chi connectivity index (χ0n) is 14.9. The van der Waals surface area contributed by atoms with Gasteiger partial charge < -0.3 is 5.32 Å². The lowest BCUT2D eigenvalue weighted by atomic mass is 10.1. The molecule has 0 aliphatic heterocycles. The van der Waals surface area contributed by atoms with Crippen molar-refractivity contribution < 1.29 is 0 Å². The third kappa shape index (κ3) is 3.15. The number of para-hydroxylation sites is 1. The van der Waals surface area contributed by atoms with E-state index in [1.807, 2.05) is 24.3 Å².